The number of nitrogens with one attached hydrogen (secondary N) is 2. The molecule has 0 aliphatic rings. The van der Waals surface area contributed by atoms with Crippen molar-refractivity contribution in [2.24, 2.45) is 0 Å². The van der Waals surface area contributed by atoms with Crippen molar-refractivity contribution in [2.45, 2.75) is 10.8 Å². The van der Waals surface area contributed by atoms with Gasteiger partial charge in [0.05, 0.1) is 10.8 Å². The van der Waals surface area contributed by atoms with Gasteiger partial charge in [-0.15, -0.1) is 0 Å². The first-order valence-electron chi connectivity index (χ1n) is 9.83. The molecule has 0 spiro atoms. The predicted molar refractivity (Wildman–Crippen MR) is 123 cm³/mol. The number of rotatable bonds is 7. The highest BCUT2D eigenvalue weighted by Crippen LogP contribution is 2.26. The number of nitrogens with zero attached hydrogens (tertiary/aromatic N) is 2. The molecular formula is C24H20N4O3S. The Bertz CT molecular complexity index is 1240. The predicted octanol–water partition coefficient (Wildman–Crippen LogP) is 4.05. The highest BCUT2D eigenvalue weighted by molar-refractivity contribution is 7.92. The molecule has 4 rings (SSSR count). The molecule has 0 aliphatic heterocycles. The van der Waals surface area contributed by atoms with Crippen LogP contribution in [0.15, 0.2) is 108 Å². The van der Waals surface area contributed by atoms with E-state index in [0.717, 1.165) is 11.1 Å². The molecule has 1 amide bonds. The number of amides is 1. The summed E-state index contributed by atoms with van der Waals surface area (Å²) in [5, 5.41) is 2.89. The molecule has 32 heavy (non-hydrogen) atoms. The molecule has 0 bridgehead atoms. The number of carbonyl (C=O) groups excluding carboxylic acids is 1. The molecule has 4 aromatic rings. The van der Waals surface area contributed by atoms with E-state index in [1.165, 1.54) is 24.5 Å². The van der Waals surface area contributed by atoms with Crippen LogP contribution in [0.1, 0.15) is 17.0 Å². The van der Waals surface area contributed by atoms with E-state index in [-0.39, 0.29) is 16.8 Å². The van der Waals surface area contributed by atoms with Crippen LogP contribution in [0.4, 0.5) is 11.6 Å². The third-order valence-electron chi connectivity index (χ3n) is 4.75. The van der Waals surface area contributed by atoms with Crippen molar-refractivity contribution in [3.63, 3.8) is 0 Å². The molecule has 160 valence electrons. The van der Waals surface area contributed by atoms with Gasteiger partial charge in [0.25, 0.3) is 10.0 Å². The first-order valence-corrected chi connectivity index (χ1v) is 11.3. The van der Waals surface area contributed by atoms with Gasteiger partial charge in [0, 0.05) is 18.1 Å². The van der Waals surface area contributed by atoms with Gasteiger partial charge >= 0.3 is 0 Å². The Morgan fingerprint density at radius 3 is 1.78 bits per heavy atom. The summed E-state index contributed by atoms with van der Waals surface area (Å²) in [6.07, 6.45) is 2.89. The van der Waals surface area contributed by atoms with Crippen LogP contribution < -0.4 is 10.0 Å². The van der Waals surface area contributed by atoms with Crippen LogP contribution in [0.2, 0.25) is 0 Å². The fraction of sp³-hybridized carbons (Fsp3) is 0.0417. The summed E-state index contributed by atoms with van der Waals surface area (Å²) in [6.45, 7) is 0. The smallest absolute Gasteiger partial charge is 0.264 e. The van der Waals surface area contributed by atoms with Crippen LogP contribution in [0.3, 0.4) is 0 Å². The van der Waals surface area contributed by atoms with Crippen molar-refractivity contribution in [1.82, 2.24) is 9.97 Å². The summed E-state index contributed by atoms with van der Waals surface area (Å²) in [7, 11) is -3.85. The minimum Gasteiger partial charge on any atom is -0.325 e. The first kappa shape index (κ1) is 21.2. The lowest BCUT2D eigenvalue weighted by molar-refractivity contribution is -0.116. The summed E-state index contributed by atoms with van der Waals surface area (Å²) in [6, 6.07) is 26.5. The molecule has 0 fully saturated rings. The van der Waals surface area contributed by atoms with Gasteiger partial charge in [0.15, 0.2) is 0 Å². The van der Waals surface area contributed by atoms with Crippen LogP contribution in [0.25, 0.3) is 0 Å². The molecule has 0 atom stereocenters. The average molecular weight is 445 g/mol. The van der Waals surface area contributed by atoms with Crippen LogP contribution in [0.5, 0.6) is 0 Å². The molecule has 1 aromatic heterocycles. The van der Waals surface area contributed by atoms with E-state index in [4.69, 9.17) is 0 Å². The summed E-state index contributed by atoms with van der Waals surface area (Å²) in [5.74, 6) is -0.732. The second-order valence-corrected chi connectivity index (χ2v) is 8.63. The Labute approximate surface area is 186 Å². The normalized spacial score (nSPS) is 11.2. The minimum absolute atomic E-state index is 0.0153. The lowest BCUT2D eigenvalue weighted by Crippen LogP contribution is -2.22. The minimum atomic E-state index is -3.85. The van der Waals surface area contributed by atoms with Crippen LogP contribution in [-0.2, 0) is 14.8 Å². The fourth-order valence-corrected chi connectivity index (χ4v) is 4.21. The van der Waals surface area contributed by atoms with Gasteiger partial charge in [-0.2, -0.15) is 0 Å². The number of benzene rings is 3. The van der Waals surface area contributed by atoms with Gasteiger partial charge in [0.2, 0.25) is 11.9 Å². The summed E-state index contributed by atoms with van der Waals surface area (Å²) >= 11 is 0. The van der Waals surface area contributed by atoms with Crippen LogP contribution in [-0.4, -0.2) is 24.3 Å². The quantitative estimate of drug-likeness (QED) is 0.448. The first-order chi connectivity index (χ1) is 15.5. The van der Waals surface area contributed by atoms with E-state index in [1.807, 2.05) is 60.7 Å². The highest BCUT2D eigenvalue weighted by atomic mass is 32.2. The standard InChI is InChI=1S/C24H20N4O3S/c29-23(22(18-8-3-1-4-9-18)19-10-5-2-6-11-19)27-20-12-14-21(15-13-20)32(30,31)28-24-25-16-7-17-26-24/h1-17,22H,(H,27,29)(H,25,26,28). The van der Waals surface area contributed by atoms with E-state index in [1.54, 1.807) is 18.2 Å². The Kier molecular flexibility index (Phi) is 6.23. The van der Waals surface area contributed by atoms with Crippen molar-refractivity contribution < 1.29 is 13.2 Å². The maximum atomic E-state index is 13.2. The van der Waals surface area contributed by atoms with E-state index in [2.05, 4.69) is 20.0 Å². The van der Waals surface area contributed by atoms with Crippen LogP contribution >= 0.6 is 0 Å². The summed E-state index contributed by atoms with van der Waals surface area (Å²) in [4.78, 5) is 20.9. The maximum absolute atomic E-state index is 13.2. The topological polar surface area (TPSA) is 101 Å². The third kappa shape index (κ3) is 4.98. The zero-order valence-corrected chi connectivity index (χ0v) is 17.7. The SMILES string of the molecule is O=C(Nc1ccc(S(=O)(=O)Nc2ncccn2)cc1)C(c1ccccc1)c1ccccc1. The van der Waals surface area contributed by atoms with E-state index in [9.17, 15) is 13.2 Å². The van der Waals surface area contributed by atoms with Gasteiger partial charge in [-0.05, 0) is 41.5 Å². The van der Waals surface area contributed by atoms with Gasteiger partial charge in [0.1, 0.15) is 0 Å². The van der Waals surface area contributed by atoms with Crippen molar-refractivity contribution >= 4 is 27.6 Å². The second-order valence-electron chi connectivity index (χ2n) is 6.95. The zero-order valence-electron chi connectivity index (χ0n) is 16.9. The number of sulfonamides is 1. The number of anilines is 2. The summed E-state index contributed by atoms with van der Waals surface area (Å²) < 4.78 is 27.4. The molecule has 8 heteroatoms. The van der Waals surface area contributed by atoms with E-state index >= 15 is 0 Å². The molecule has 2 N–H and O–H groups in total. The van der Waals surface area contributed by atoms with Crippen molar-refractivity contribution in [2.75, 3.05) is 10.0 Å². The van der Waals surface area contributed by atoms with Crippen LogP contribution in [0, 0.1) is 0 Å². The number of hydrogen-bond donors (Lipinski definition) is 2. The Morgan fingerprint density at radius 1 is 0.719 bits per heavy atom. The monoisotopic (exact) mass is 444 g/mol. The molecular weight excluding hydrogens is 424 g/mol. The van der Waals surface area contributed by atoms with E-state index < -0.39 is 15.9 Å². The molecule has 3 aromatic carbocycles. The maximum Gasteiger partial charge on any atom is 0.264 e. The molecule has 0 saturated heterocycles. The van der Waals surface area contributed by atoms with Gasteiger partial charge < -0.3 is 5.32 Å². The van der Waals surface area contributed by atoms with E-state index in [0.29, 0.717) is 5.69 Å². The Morgan fingerprint density at radius 2 is 1.25 bits per heavy atom. The lowest BCUT2D eigenvalue weighted by Gasteiger charge is -2.18. The largest absolute Gasteiger partial charge is 0.325 e. The average Bonchev–Trinajstić information content (AvgIpc) is 2.81. The summed E-state index contributed by atoms with van der Waals surface area (Å²) in [5.41, 5.74) is 2.21. The lowest BCUT2D eigenvalue weighted by atomic mass is 9.90. The van der Waals surface area contributed by atoms with Gasteiger partial charge in [-0.3, -0.25) is 4.79 Å². The fourth-order valence-electron chi connectivity index (χ4n) is 3.25. The molecule has 0 radical (unpaired) electrons. The van der Waals surface area contributed by atoms with Crippen molar-refractivity contribution in [1.29, 1.82) is 0 Å². The number of carbonyl (C=O) groups is 1. The van der Waals surface area contributed by atoms with Crippen molar-refractivity contribution in [3.8, 4) is 0 Å². The number of hydrogen-bond acceptors (Lipinski definition) is 5. The van der Waals surface area contributed by atoms with Crippen molar-refractivity contribution in [3.05, 3.63) is 115 Å². The Hall–Kier alpha value is -4.04. The zero-order chi connectivity index (χ0) is 22.4. The molecule has 7 nitrogen and oxygen atoms in total. The number of aromatic nitrogens is 2. The Balaban J connectivity index is 1.54. The highest BCUT2D eigenvalue weighted by Gasteiger charge is 2.23. The second kappa shape index (κ2) is 9.40. The molecule has 1 heterocycles. The third-order valence-corrected chi connectivity index (χ3v) is 6.10. The van der Waals surface area contributed by atoms with Gasteiger partial charge in [-0.25, -0.2) is 23.1 Å². The van der Waals surface area contributed by atoms with Gasteiger partial charge in [-0.1, -0.05) is 60.7 Å². The molecule has 0 saturated carbocycles. The molecule has 0 unspecified atom stereocenters. The molecule has 0 aliphatic carbocycles.